The molecule has 1 fully saturated rings. The number of aliphatic hydroxyl groups is 1. The molecule has 1 atom stereocenters. The Morgan fingerprint density at radius 1 is 1.50 bits per heavy atom. The minimum Gasteiger partial charge on any atom is -0.389 e. The molecule has 0 saturated carbocycles. The van der Waals surface area contributed by atoms with Gasteiger partial charge in [0.2, 0.25) is 0 Å². The summed E-state index contributed by atoms with van der Waals surface area (Å²) in [6.45, 7) is 11.2. The highest BCUT2D eigenvalue weighted by molar-refractivity contribution is 7.09. The Morgan fingerprint density at radius 3 is 2.78 bits per heavy atom. The topological polar surface area (TPSA) is 36.4 Å². The van der Waals surface area contributed by atoms with E-state index in [0.717, 1.165) is 38.2 Å². The first-order valence-electron chi connectivity index (χ1n) is 6.66. The van der Waals surface area contributed by atoms with E-state index in [1.54, 1.807) is 11.3 Å². The van der Waals surface area contributed by atoms with Crippen molar-refractivity contribution in [2.75, 3.05) is 13.1 Å². The summed E-state index contributed by atoms with van der Waals surface area (Å²) >= 11 is 1.74. The number of rotatable bonds is 2. The Balaban J connectivity index is 1.99. The molecule has 1 aromatic rings. The van der Waals surface area contributed by atoms with Crippen molar-refractivity contribution >= 4 is 11.3 Å². The highest BCUT2D eigenvalue weighted by atomic mass is 32.1. The Labute approximate surface area is 114 Å². The maximum atomic E-state index is 10.1. The summed E-state index contributed by atoms with van der Waals surface area (Å²) < 4.78 is 0. The van der Waals surface area contributed by atoms with E-state index < -0.39 is 5.60 Å². The molecule has 1 unspecified atom stereocenters. The van der Waals surface area contributed by atoms with Crippen molar-refractivity contribution in [2.45, 2.75) is 58.1 Å². The highest BCUT2D eigenvalue weighted by Crippen LogP contribution is 2.27. The van der Waals surface area contributed by atoms with Gasteiger partial charge in [-0.25, -0.2) is 4.98 Å². The van der Waals surface area contributed by atoms with E-state index >= 15 is 0 Å². The molecular weight excluding hydrogens is 244 g/mol. The number of aromatic nitrogens is 1. The molecule has 0 spiro atoms. The summed E-state index contributed by atoms with van der Waals surface area (Å²) in [5.41, 5.74) is 0.750. The first kappa shape index (κ1) is 14.0. The van der Waals surface area contributed by atoms with Crippen LogP contribution in [-0.2, 0) is 12.0 Å². The number of hydrogen-bond donors (Lipinski definition) is 1. The zero-order valence-corrected chi connectivity index (χ0v) is 12.7. The SMILES string of the molecule is CC1(O)CCCN(Cc2csc(C(C)(C)C)n2)C1. The Kier molecular flexibility index (Phi) is 3.81. The van der Waals surface area contributed by atoms with Crippen molar-refractivity contribution in [1.29, 1.82) is 0 Å². The minimum atomic E-state index is -0.527. The van der Waals surface area contributed by atoms with Gasteiger partial charge in [0.05, 0.1) is 16.3 Å². The van der Waals surface area contributed by atoms with Gasteiger partial charge in [0.15, 0.2) is 0 Å². The number of hydrogen-bond acceptors (Lipinski definition) is 4. The van der Waals surface area contributed by atoms with Crippen molar-refractivity contribution in [3.05, 3.63) is 16.1 Å². The zero-order chi connectivity index (χ0) is 13.4. The maximum Gasteiger partial charge on any atom is 0.0982 e. The predicted octanol–water partition coefficient (Wildman–Crippen LogP) is 2.79. The molecule has 0 bridgehead atoms. The van der Waals surface area contributed by atoms with Gasteiger partial charge in [-0.3, -0.25) is 4.90 Å². The Morgan fingerprint density at radius 2 is 2.22 bits per heavy atom. The van der Waals surface area contributed by atoms with Crippen molar-refractivity contribution in [3.63, 3.8) is 0 Å². The molecule has 0 amide bonds. The van der Waals surface area contributed by atoms with E-state index in [1.807, 2.05) is 6.92 Å². The van der Waals surface area contributed by atoms with E-state index in [-0.39, 0.29) is 5.41 Å². The second-order valence-corrected chi connectivity index (χ2v) is 7.56. The van der Waals surface area contributed by atoms with E-state index in [2.05, 4.69) is 31.1 Å². The van der Waals surface area contributed by atoms with Gasteiger partial charge in [0.25, 0.3) is 0 Å². The molecule has 2 heterocycles. The molecule has 102 valence electrons. The van der Waals surface area contributed by atoms with Gasteiger partial charge in [-0.2, -0.15) is 0 Å². The molecule has 3 nitrogen and oxygen atoms in total. The van der Waals surface area contributed by atoms with Crippen LogP contribution in [0.15, 0.2) is 5.38 Å². The Bertz CT molecular complexity index is 406. The summed E-state index contributed by atoms with van der Waals surface area (Å²) in [6.07, 6.45) is 1.98. The fraction of sp³-hybridized carbons (Fsp3) is 0.786. The first-order valence-corrected chi connectivity index (χ1v) is 7.54. The monoisotopic (exact) mass is 268 g/mol. The van der Waals surface area contributed by atoms with Crippen LogP contribution in [0.5, 0.6) is 0 Å². The highest BCUT2D eigenvalue weighted by Gasteiger charge is 2.28. The van der Waals surface area contributed by atoms with Gasteiger partial charge in [-0.05, 0) is 26.3 Å². The molecule has 1 saturated heterocycles. The van der Waals surface area contributed by atoms with Gasteiger partial charge in [0, 0.05) is 23.9 Å². The van der Waals surface area contributed by atoms with E-state index in [1.165, 1.54) is 5.01 Å². The minimum absolute atomic E-state index is 0.135. The molecule has 0 aliphatic carbocycles. The fourth-order valence-electron chi connectivity index (χ4n) is 2.41. The lowest BCUT2D eigenvalue weighted by Crippen LogP contribution is -2.45. The molecule has 1 aliphatic rings. The lowest BCUT2D eigenvalue weighted by molar-refractivity contribution is -0.0184. The molecule has 1 aromatic heterocycles. The van der Waals surface area contributed by atoms with Crippen LogP contribution < -0.4 is 0 Å². The van der Waals surface area contributed by atoms with Crippen LogP contribution in [0.2, 0.25) is 0 Å². The summed E-state index contributed by atoms with van der Waals surface area (Å²) in [7, 11) is 0. The largest absolute Gasteiger partial charge is 0.389 e. The average Bonchev–Trinajstić information content (AvgIpc) is 2.63. The third kappa shape index (κ3) is 3.53. The van der Waals surface area contributed by atoms with Crippen LogP contribution in [0, 0.1) is 0 Å². The molecule has 2 rings (SSSR count). The molecule has 0 aromatic carbocycles. The van der Waals surface area contributed by atoms with E-state index in [4.69, 9.17) is 4.98 Å². The summed E-state index contributed by atoms with van der Waals surface area (Å²) in [6, 6.07) is 0. The molecule has 1 aliphatic heterocycles. The van der Waals surface area contributed by atoms with Crippen molar-refractivity contribution in [2.24, 2.45) is 0 Å². The molecule has 18 heavy (non-hydrogen) atoms. The van der Waals surface area contributed by atoms with Crippen LogP contribution in [0.1, 0.15) is 51.2 Å². The van der Waals surface area contributed by atoms with E-state index in [9.17, 15) is 5.11 Å². The number of likely N-dealkylation sites (tertiary alicyclic amines) is 1. The van der Waals surface area contributed by atoms with Gasteiger partial charge < -0.3 is 5.11 Å². The average molecular weight is 268 g/mol. The van der Waals surface area contributed by atoms with Gasteiger partial charge in [-0.1, -0.05) is 20.8 Å². The standard InChI is InChI=1S/C14H24N2OS/c1-13(2,3)12-15-11(9-18-12)8-16-7-5-6-14(4,17)10-16/h9,17H,5-8,10H2,1-4H3. The number of piperidine rings is 1. The predicted molar refractivity (Wildman–Crippen MR) is 75.9 cm³/mol. The van der Waals surface area contributed by atoms with Crippen LogP contribution in [0.25, 0.3) is 0 Å². The van der Waals surface area contributed by atoms with Crippen LogP contribution >= 0.6 is 11.3 Å². The van der Waals surface area contributed by atoms with Crippen LogP contribution in [0.4, 0.5) is 0 Å². The fourth-order valence-corrected chi connectivity index (χ4v) is 3.31. The van der Waals surface area contributed by atoms with Crippen LogP contribution in [0.3, 0.4) is 0 Å². The smallest absolute Gasteiger partial charge is 0.0982 e. The molecule has 0 radical (unpaired) electrons. The van der Waals surface area contributed by atoms with Crippen molar-refractivity contribution in [3.8, 4) is 0 Å². The maximum absolute atomic E-state index is 10.1. The van der Waals surface area contributed by atoms with Crippen molar-refractivity contribution < 1.29 is 5.11 Å². The number of β-amino-alcohol motifs (C(OH)–C–C–N with tert-alkyl or cyclic N) is 1. The number of thiazole rings is 1. The summed E-state index contributed by atoms with van der Waals surface area (Å²) in [4.78, 5) is 7.03. The first-order chi connectivity index (χ1) is 8.26. The zero-order valence-electron chi connectivity index (χ0n) is 11.9. The third-order valence-electron chi connectivity index (χ3n) is 3.33. The molecule has 4 heteroatoms. The molecular formula is C14H24N2OS. The number of nitrogens with zero attached hydrogens (tertiary/aromatic N) is 2. The van der Waals surface area contributed by atoms with Gasteiger partial charge >= 0.3 is 0 Å². The van der Waals surface area contributed by atoms with Crippen molar-refractivity contribution in [1.82, 2.24) is 9.88 Å². The van der Waals surface area contributed by atoms with E-state index in [0.29, 0.717) is 0 Å². The third-order valence-corrected chi connectivity index (χ3v) is 4.65. The van der Waals surface area contributed by atoms with Crippen LogP contribution in [-0.4, -0.2) is 33.7 Å². The second-order valence-electron chi connectivity index (χ2n) is 6.71. The molecule has 1 N–H and O–H groups in total. The normalized spacial score (nSPS) is 26.5. The Hall–Kier alpha value is -0.450. The van der Waals surface area contributed by atoms with Gasteiger partial charge in [-0.15, -0.1) is 11.3 Å². The summed E-state index contributed by atoms with van der Waals surface area (Å²) in [5, 5.41) is 13.5. The quantitative estimate of drug-likeness (QED) is 0.896. The second kappa shape index (κ2) is 4.91. The van der Waals surface area contributed by atoms with Gasteiger partial charge in [0.1, 0.15) is 0 Å². The lowest BCUT2D eigenvalue weighted by atomic mass is 9.95. The summed E-state index contributed by atoms with van der Waals surface area (Å²) in [5.74, 6) is 0. The lowest BCUT2D eigenvalue weighted by Gasteiger charge is -2.36.